The van der Waals surface area contributed by atoms with Gasteiger partial charge in [0.05, 0.1) is 5.69 Å². The van der Waals surface area contributed by atoms with E-state index in [1.807, 2.05) is 0 Å². The number of anilines is 1. The summed E-state index contributed by atoms with van der Waals surface area (Å²) in [7, 11) is -3.63. The van der Waals surface area contributed by atoms with Crippen molar-refractivity contribution in [2.75, 3.05) is 5.32 Å². The third-order valence-corrected chi connectivity index (χ3v) is 6.10. The van der Waals surface area contributed by atoms with E-state index in [9.17, 15) is 17.6 Å². The Hall–Kier alpha value is -3.23. The third-order valence-electron chi connectivity index (χ3n) is 4.62. The van der Waals surface area contributed by atoms with Crippen LogP contribution < -0.4 is 15.4 Å². The molecule has 0 aromatic heterocycles. The molecule has 1 aliphatic rings. The molecule has 1 atom stereocenters. The minimum atomic E-state index is -3.63. The summed E-state index contributed by atoms with van der Waals surface area (Å²) in [5, 5.41) is 5.92. The van der Waals surface area contributed by atoms with Crippen molar-refractivity contribution >= 4 is 21.6 Å². The van der Waals surface area contributed by atoms with Crippen LogP contribution in [-0.4, -0.2) is 14.3 Å². The minimum absolute atomic E-state index is 0.202. The average molecular weight is 411 g/mol. The molecule has 6 nitrogen and oxygen atoms in total. The van der Waals surface area contributed by atoms with Crippen LogP contribution in [0.15, 0.2) is 77.7 Å². The van der Waals surface area contributed by atoms with E-state index in [-0.39, 0.29) is 23.2 Å². The summed E-state index contributed by atoms with van der Waals surface area (Å²) in [5.74, 6) is -0.603. The zero-order valence-corrected chi connectivity index (χ0v) is 16.0. The minimum Gasteiger partial charge on any atom is -0.364 e. The molecule has 0 bridgehead atoms. The van der Waals surface area contributed by atoms with Gasteiger partial charge < -0.3 is 10.6 Å². The standard InChI is InChI=1S/C21H18FN3O3S/c22-17-11-5-14(6-12-17)13-23-21(26)16-9-7-15(8-10-16)20-24-18-3-1-2-4-19(18)29(27,28)25-20/h1-12,20,24-25H,13H2,(H,23,26)/t20-/m0/s1. The summed E-state index contributed by atoms with van der Waals surface area (Å²) in [6, 6.07) is 19.2. The van der Waals surface area contributed by atoms with Crippen molar-refractivity contribution in [2.24, 2.45) is 0 Å². The fourth-order valence-electron chi connectivity index (χ4n) is 3.09. The highest BCUT2D eigenvalue weighted by atomic mass is 32.2. The van der Waals surface area contributed by atoms with Crippen molar-refractivity contribution in [2.45, 2.75) is 17.6 Å². The normalized spacial score (nSPS) is 17.1. The number of nitrogens with one attached hydrogen (secondary N) is 3. The maximum absolute atomic E-state index is 12.9. The first-order valence-electron chi connectivity index (χ1n) is 8.93. The zero-order chi connectivity index (χ0) is 20.4. The van der Waals surface area contributed by atoms with Crippen LogP contribution in [0.1, 0.15) is 27.7 Å². The van der Waals surface area contributed by atoms with Gasteiger partial charge in [-0.1, -0.05) is 36.4 Å². The van der Waals surface area contributed by atoms with Gasteiger partial charge in [0.2, 0.25) is 10.0 Å². The Morgan fingerprint density at radius 1 is 0.966 bits per heavy atom. The summed E-state index contributed by atoms with van der Waals surface area (Å²) in [4.78, 5) is 12.5. The summed E-state index contributed by atoms with van der Waals surface area (Å²) in [6.45, 7) is 0.279. The Morgan fingerprint density at radius 2 is 1.66 bits per heavy atom. The molecule has 0 radical (unpaired) electrons. The first kappa shape index (κ1) is 19.1. The number of fused-ring (bicyclic) bond motifs is 1. The maximum atomic E-state index is 12.9. The van der Waals surface area contributed by atoms with Gasteiger partial charge >= 0.3 is 0 Å². The molecular formula is C21H18FN3O3S. The van der Waals surface area contributed by atoms with E-state index < -0.39 is 16.2 Å². The fourth-order valence-corrected chi connectivity index (χ4v) is 4.40. The van der Waals surface area contributed by atoms with Crippen LogP contribution in [0, 0.1) is 5.82 Å². The van der Waals surface area contributed by atoms with Crippen molar-refractivity contribution in [3.8, 4) is 0 Å². The van der Waals surface area contributed by atoms with Crippen LogP contribution in [0.5, 0.6) is 0 Å². The van der Waals surface area contributed by atoms with Crippen LogP contribution >= 0.6 is 0 Å². The highest BCUT2D eigenvalue weighted by Crippen LogP contribution is 2.30. The van der Waals surface area contributed by atoms with E-state index >= 15 is 0 Å². The maximum Gasteiger partial charge on any atom is 0.251 e. The Morgan fingerprint density at radius 3 is 2.38 bits per heavy atom. The highest BCUT2D eigenvalue weighted by Gasteiger charge is 2.29. The molecule has 0 spiro atoms. The van der Waals surface area contributed by atoms with Crippen molar-refractivity contribution in [1.29, 1.82) is 0 Å². The van der Waals surface area contributed by atoms with Gasteiger partial charge in [-0.05, 0) is 47.5 Å². The number of para-hydroxylation sites is 1. The number of carbonyl (C=O) groups excluding carboxylic acids is 1. The van der Waals surface area contributed by atoms with E-state index in [1.54, 1.807) is 54.6 Å². The van der Waals surface area contributed by atoms with E-state index in [0.29, 0.717) is 16.8 Å². The summed E-state index contributed by atoms with van der Waals surface area (Å²) in [5.41, 5.74) is 2.43. The summed E-state index contributed by atoms with van der Waals surface area (Å²) < 4.78 is 40.4. The van der Waals surface area contributed by atoms with Gasteiger partial charge in [-0.2, -0.15) is 4.72 Å². The molecule has 8 heteroatoms. The van der Waals surface area contributed by atoms with Gasteiger partial charge in [0, 0.05) is 12.1 Å². The van der Waals surface area contributed by atoms with Crippen LogP contribution in [0.25, 0.3) is 0 Å². The molecule has 1 heterocycles. The smallest absolute Gasteiger partial charge is 0.251 e. The van der Waals surface area contributed by atoms with Crippen molar-refractivity contribution < 1.29 is 17.6 Å². The number of amides is 1. The molecule has 4 rings (SSSR count). The quantitative estimate of drug-likeness (QED) is 0.616. The lowest BCUT2D eigenvalue weighted by atomic mass is 10.1. The van der Waals surface area contributed by atoms with Crippen LogP contribution in [-0.2, 0) is 16.6 Å². The topological polar surface area (TPSA) is 87.3 Å². The second-order valence-corrected chi connectivity index (χ2v) is 8.31. The monoisotopic (exact) mass is 411 g/mol. The highest BCUT2D eigenvalue weighted by molar-refractivity contribution is 7.89. The number of hydrogen-bond acceptors (Lipinski definition) is 4. The van der Waals surface area contributed by atoms with Gasteiger partial charge in [-0.3, -0.25) is 4.79 Å². The molecule has 0 aliphatic carbocycles. The molecule has 3 aromatic rings. The van der Waals surface area contributed by atoms with Crippen LogP contribution in [0.4, 0.5) is 10.1 Å². The third kappa shape index (κ3) is 4.13. The lowest BCUT2D eigenvalue weighted by Crippen LogP contribution is -2.38. The molecule has 3 N–H and O–H groups in total. The molecule has 148 valence electrons. The predicted molar refractivity (Wildman–Crippen MR) is 107 cm³/mol. The molecule has 0 saturated carbocycles. The lowest BCUT2D eigenvalue weighted by Gasteiger charge is -2.28. The van der Waals surface area contributed by atoms with Gasteiger partial charge in [-0.25, -0.2) is 12.8 Å². The zero-order valence-electron chi connectivity index (χ0n) is 15.2. The number of rotatable bonds is 4. The number of carbonyl (C=O) groups is 1. The Bertz CT molecular complexity index is 1150. The fraction of sp³-hybridized carbons (Fsp3) is 0.0952. The largest absolute Gasteiger partial charge is 0.364 e. The molecule has 0 unspecified atom stereocenters. The van der Waals surface area contributed by atoms with E-state index in [4.69, 9.17) is 0 Å². The number of hydrogen-bond donors (Lipinski definition) is 3. The second-order valence-electron chi connectivity index (χ2n) is 6.63. The number of halogens is 1. The van der Waals surface area contributed by atoms with Gasteiger partial charge in [0.1, 0.15) is 16.9 Å². The SMILES string of the molecule is O=C(NCc1ccc(F)cc1)c1ccc([C@H]2Nc3ccccc3S(=O)(=O)N2)cc1. The van der Waals surface area contributed by atoms with Crippen LogP contribution in [0.3, 0.4) is 0 Å². The van der Waals surface area contributed by atoms with Gasteiger partial charge in [0.25, 0.3) is 5.91 Å². The Labute approximate surface area is 167 Å². The van der Waals surface area contributed by atoms with E-state index in [0.717, 1.165) is 5.56 Å². The first-order chi connectivity index (χ1) is 13.9. The van der Waals surface area contributed by atoms with Crippen molar-refractivity contribution in [3.63, 3.8) is 0 Å². The first-order valence-corrected chi connectivity index (χ1v) is 10.4. The molecule has 1 amide bonds. The number of benzene rings is 3. The molecule has 3 aromatic carbocycles. The second kappa shape index (κ2) is 7.65. The average Bonchev–Trinajstić information content (AvgIpc) is 2.73. The molecule has 0 fully saturated rings. The van der Waals surface area contributed by atoms with E-state index in [2.05, 4.69) is 15.4 Å². The molecule has 0 saturated heterocycles. The Kier molecular flexibility index (Phi) is 5.04. The van der Waals surface area contributed by atoms with Crippen LogP contribution in [0.2, 0.25) is 0 Å². The summed E-state index contributed by atoms with van der Waals surface area (Å²) >= 11 is 0. The van der Waals surface area contributed by atoms with Crippen molar-refractivity contribution in [3.05, 3.63) is 95.3 Å². The predicted octanol–water partition coefficient (Wildman–Crippen LogP) is 3.16. The van der Waals surface area contributed by atoms with Gasteiger partial charge in [-0.15, -0.1) is 0 Å². The lowest BCUT2D eigenvalue weighted by molar-refractivity contribution is 0.0951. The Balaban J connectivity index is 1.45. The van der Waals surface area contributed by atoms with Crippen molar-refractivity contribution in [1.82, 2.24) is 10.0 Å². The number of sulfonamides is 1. The molecule has 1 aliphatic heterocycles. The molecule has 29 heavy (non-hydrogen) atoms. The van der Waals surface area contributed by atoms with E-state index in [1.165, 1.54) is 18.2 Å². The summed E-state index contributed by atoms with van der Waals surface area (Å²) in [6.07, 6.45) is -0.633. The van der Waals surface area contributed by atoms with Gasteiger partial charge in [0.15, 0.2) is 0 Å². The molecular weight excluding hydrogens is 393 g/mol.